The number of benzene rings is 1. The zero-order valence-electron chi connectivity index (χ0n) is 16.9. The summed E-state index contributed by atoms with van der Waals surface area (Å²) in [5.41, 5.74) is 0. The van der Waals surface area contributed by atoms with E-state index >= 15 is 0 Å². The fourth-order valence-electron chi connectivity index (χ4n) is 3.47. The Balaban J connectivity index is 1.66. The zero-order valence-corrected chi connectivity index (χ0v) is 17.7. The van der Waals surface area contributed by atoms with E-state index in [1.54, 1.807) is 36.1 Å². The van der Waals surface area contributed by atoms with Crippen LogP contribution in [-0.4, -0.2) is 66.0 Å². The summed E-state index contributed by atoms with van der Waals surface area (Å²) in [6.45, 7) is 6.63. The average Bonchev–Trinajstić information content (AvgIpc) is 3.32. The lowest BCUT2D eigenvalue weighted by Crippen LogP contribution is -2.42. The number of carbonyl (C=O) groups is 1. The quantitative estimate of drug-likeness (QED) is 0.636. The minimum Gasteiger partial charge on any atom is -0.494 e. The maximum atomic E-state index is 13.0. The van der Waals surface area contributed by atoms with Crippen molar-refractivity contribution in [2.45, 2.75) is 44.6 Å². The second-order valence-corrected chi connectivity index (χ2v) is 8.84. The van der Waals surface area contributed by atoms with Crippen molar-refractivity contribution < 1.29 is 22.5 Å². The van der Waals surface area contributed by atoms with Crippen molar-refractivity contribution in [1.29, 1.82) is 0 Å². The fourth-order valence-corrected chi connectivity index (χ4v) is 4.96. The molecule has 9 nitrogen and oxygen atoms in total. The molecule has 0 radical (unpaired) electrons. The second kappa shape index (κ2) is 8.91. The van der Waals surface area contributed by atoms with E-state index < -0.39 is 10.0 Å². The van der Waals surface area contributed by atoms with Crippen molar-refractivity contribution in [1.82, 2.24) is 19.3 Å². The number of rotatable bonds is 8. The van der Waals surface area contributed by atoms with Crippen LogP contribution in [0.1, 0.15) is 32.0 Å². The predicted molar refractivity (Wildman–Crippen MR) is 105 cm³/mol. The van der Waals surface area contributed by atoms with Crippen molar-refractivity contribution >= 4 is 15.9 Å². The van der Waals surface area contributed by atoms with Crippen LogP contribution in [0.15, 0.2) is 33.7 Å². The molecule has 1 saturated heterocycles. The summed E-state index contributed by atoms with van der Waals surface area (Å²) in [4.78, 5) is 18.2. The molecule has 0 aliphatic carbocycles. The van der Waals surface area contributed by atoms with Crippen molar-refractivity contribution in [3.8, 4) is 5.75 Å². The van der Waals surface area contributed by atoms with Crippen LogP contribution >= 0.6 is 0 Å². The highest BCUT2D eigenvalue weighted by Gasteiger charge is 2.36. The molecule has 2 aromatic rings. The number of carbonyl (C=O) groups excluding carboxylic acids is 1. The van der Waals surface area contributed by atoms with E-state index in [2.05, 4.69) is 10.1 Å². The molecule has 10 heteroatoms. The number of aromatic nitrogens is 2. The molecule has 1 aliphatic rings. The standard InChI is InChI=1S/C19H26N4O5S/c1-4-27-17-5-7-18(8-6-17)29(25,26)22-11-9-16(13-22)23(15(3)24)12-10-19-20-14(2)28-21-19/h5-8,16H,4,9-13H2,1-3H3. The normalized spacial score (nSPS) is 17.4. The Morgan fingerprint density at radius 3 is 2.66 bits per heavy atom. The minimum absolute atomic E-state index is 0.101. The molecule has 0 bridgehead atoms. The molecule has 1 aromatic carbocycles. The van der Waals surface area contributed by atoms with Gasteiger partial charge >= 0.3 is 0 Å². The molecule has 3 rings (SSSR count). The third-order valence-electron chi connectivity index (χ3n) is 4.89. The molecule has 1 unspecified atom stereocenters. The Morgan fingerprint density at radius 2 is 2.07 bits per heavy atom. The molecule has 1 atom stereocenters. The number of hydrogen-bond donors (Lipinski definition) is 0. The van der Waals surface area contributed by atoms with Gasteiger partial charge in [0, 0.05) is 45.9 Å². The van der Waals surface area contributed by atoms with Crippen LogP contribution in [0.2, 0.25) is 0 Å². The molecule has 0 saturated carbocycles. The third-order valence-corrected chi connectivity index (χ3v) is 6.77. The highest BCUT2D eigenvalue weighted by Crippen LogP contribution is 2.25. The van der Waals surface area contributed by atoms with E-state index in [1.807, 2.05) is 6.92 Å². The van der Waals surface area contributed by atoms with Gasteiger partial charge in [-0.05, 0) is 37.6 Å². The summed E-state index contributed by atoms with van der Waals surface area (Å²) in [5, 5.41) is 3.85. The summed E-state index contributed by atoms with van der Waals surface area (Å²) >= 11 is 0. The Kier molecular flexibility index (Phi) is 6.53. The lowest BCUT2D eigenvalue weighted by atomic mass is 10.2. The summed E-state index contributed by atoms with van der Waals surface area (Å²) < 4.78 is 37.7. The Labute approximate surface area is 170 Å². The van der Waals surface area contributed by atoms with Crippen LogP contribution in [0.3, 0.4) is 0 Å². The largest absolute Gasteiger partial charge is 0.494 e. The number of amides is 1. The highest BCUT2D eigenvalue weighted by molar-refractivity contribution is 7.89. The van der Waals surface area contributed by atoms with Gasteiger partial charge in [0.15, 0.2) is 5.82 Å². The molecule has 1 aliphatic heterocycles. The maximum Gasteiger partial charge on any atom is 0.243 e. The Morgan fingerprint density at radius 1 is 1.34 bits per heavy atom. The SMILES string of the molecule is CCOc1ccc(S(=O)(=O)N2CCC(N(CCc3noc(C)n3)C(C)=O)C2)cc1. The number of aryl methyl sites for hydroxylation is 1. The van der Waals surface area contributed by atoms with Crippen molar-refractivity contribution in [2.24, 2.45) is 0 Å². The molecular weight excluding hydrogens is 396 g/mol. The van der Waals surface area contributed by atoms with Crippen molar-refractivity contribution in [3.05, 3.63) is 36.0 Å². The van der Waals surface area contributed by atoms with E-state index in [-0.39, 0.29) is 23.4 Å². The molecule has 2 heterocycles. The number of ether oxygens (including phenoxy) is 1. The van der Waals surface area contributed by atoms with Crippen LogP contribution in [0.5, 0.6) is 5.75 Å². The molecule has 0 N–H and O–H groups in total. The van der Waals surface area contributed by atoms with Crippen LogP contribution in [0, 0.1) is 6.92 Å². The smallest absolute Gasteiger partial charge is 0.243 e. The van der Waals surface area contributed by atoms with Gasteiger partial charge in [0.1, 0.15) is 5.75 Å². The molecule has 1 fully saturated rings. The van der Waals surface area contributed by atoms with Crippen LogP contribution < -0.4 is 4.74 Å². The topological polar surface area (TPSA) is 106 Å². The minimum atomic E-state index is -3.63. The molecule has 1 amide bonds. The van der Waals surface area contributed by atoms with Gasteiger partial charge in [-0.15, -0.1) is 0 Å². The number of sulfonamides is 1. The maximum absolute atomic E-state index is 13.0. The predicted octanol–water partition coefficient (Wildman–Crippen LogP) is 1.63. The van der Waals surface area contributed by atoms with Gasteiger partial charge in [-0.1, -0.05) is 5.16 Å². The van der Waals surface area contributed by atoms with Crippen LogP contribution in [0.25, 0.3) is 0 Å². The third kappa shape index (κ3) is 4.94. The average molecular weight is 423 g/mol. The zero-order chi connectivity index (χ0) is 21.0. The second-order valence-electron chi connectivity index (χ2n) is 6.90. The van der Waals surface area contributed by atoms with Crippen LogP contribution in [0.4, 0.5) is 0 Å². The van der Waals surface area contributed by atoms with Gasteiger partial charge in [0.05, 0.1) is 11.5 Å². The van der Waals surface area contributed by atoms with Crippen molar-refractivity contribution in [2.75, 3.05) is 26.2 Å². The first-order chi connectivity index (χ1) is 13.8. The first kappa shape index (κ1) is 21.3. The Hall–Kier alpha value is -2.46. The molecule has 1 aromatic heterocycles. The Bertz CT molecular complexity index is 942. The molecule has 0 spiro atoms. The lowest BCUT2D eigenvalue weighted by molar-refractivity contribution is -0.130. The summed E-state index contributed by atoms with van der Waals surface area (Å²) in [5.74, 6) is 1.54. The summed E-state index contributed by atoms with van der Waals surface area (Å²) in [6.07, 6.45) is 1.04. The van der Waals surface area contributed by atoms with Gasteiger partial charge in [0.25, 0.3) is 0 Å². The van der Waals surface area contributed by atoms with Crippen molar-refractivity contribution in [3.63, 3.8) is 0 Å². The molecule has 158 valence electrons. The van der Waals surface area contributed by atoms with Gasteiger partial charge in [-0.25, -0.2) is 8.42 Å². The van der Waals surface area contributed by atoms with Gasteiger partial charge < -0.3 is 14.2 Å². The van der Waals surface area contributed by atoms with E-state index in [9.17, 15) is 13.2 Å². The van der Waals surface area contributed by atoms with E-state index in [1.165, 1.54) is 11.2 Å². The monoisotopic (exact) mass is 422 g/mol. The molecule has 29 heavy (non-hydrogen) atoms. The highest BCUT2D eigenvalue weighted by atomic mass is 32.2. The molecular formula is C19H26N4O5S. The van der Waals surface area contributed by atoms with E-state index in [0.717, 1.165) is 0 Å². The summed E-state index contributed by atoms with van der Waals surface area (Å²) in [7, 11) is -3.63. The first-order valence-electron chi connectivity index (χ1n) is 9.60. The first-order valence-corrected chi connectivity index (χ1v) is 11.0. The van der Waals surface area contributed by atoms with Gasteiger partial charge in [-0.2, -0.15) is 9.29 Å². The van der Waals surface area contributed by atoms with E-state index in [4.69, 9.17) is 9.26 Å². The van der Waals surface area contributed by atoms with Gasteiger partial charge in [0.2, 0.25) is 21.8 Å². The number of nitrogens with zero attached hydrogens (tertiary/aromatic N) is 4. The summed E-state index contributed by atoms with van der Waals surface area (Å²) in [6, 6.07) is 6.22. The fraction of sp³-hybridized carbons (Fsp3) is 0.526. The van der Waals surface area contributed by atoms with Gasteiger partial charge in [-0.3, -0.25) is 4.79 Å². The van der Waals surface area contributed by atoms with Crippen LogP contribution in [-0.2, 0) is 21.2 Å². The van der Waals surface area contributed by atoms with E-state index in [0.29, 0.717) is 50.0 Å². The lowest BCUT2D eigenvalue weighted by Gasteiger charge is -2.27. The number of hydrogen-bond acceptors (Lipinski definition) is 7.